The summed E-state index contributed by atoms with van der Waals surface area (Å²) in [4.78, 5) is 9.27. The number of para-hydroxylation sites is 1. The molecule has 0 bridgehead atoms. The first kappa shape index (κ1) is 26.4. The summed E-state index contributed by atoms with van der Waals surface area (Å²) >= 11 is 0. The number of pyridine rings is 2. The molecule has 0 saturated carbocycles. The lowest BCUT2D eigenvalue weighted by molar-refractivity contribution is 1.18. The fourth-order valence-corrected chi connectivity index (χ4v) is 6.89. The van der Waals surface area contributed by atoms with E-state index in [1.54, 1.807) is 0 Å². The molecule has 0 saturated heterocycles. The van der Waals surface area contributed by atoms with Crippen LogP contribution in [0, 0.1) is 6.92 Å². The van der Waals surface area contributed by atoms with E-state index in [0.717, 1.165) is 33.8 Å². The van der Waals surface area contributed by atoms with E-state index >= 15 is 0 Å². The smallest absolute Gasteiger partial charge is 0.0720 e. The maximum Gasteiger partial charge on any atom is 0.0720 e. The van der Waals surface area contributed by atoms with E-state index in [2.05, 4.69) is 149 Å². The Kier molecular flexibility index (Phi) is 6.04. The maximum absolute atomic E-state index is 4.83. The molecule has 0 atom stereocenters. The van der Waals surface area contributed by atoms with Crippen LogP contribution in [0.5, 0.6) is 0 Å². The molecular formula is C43H29N3. The molecule has 6 aromatic carbocycles. The summed E-state index contributed by atoms with van der Waals surface area (Å²) in [5.41, 5.74) is 11.2. The van der Waals surface area contributed by atoms with Gasteiger partial charge in [-0.2, -0.15) is 0 Å². The van der Waals surface area contributed by atoms with Crippen LogP contribution in [-0.4, -0.2) is 14.5 Å². The molecule has 216 valence electrons. The van der Waals surface area contributed by atoms with Crippen molar-refractivity contribution in [1.29, 1.82) is 0 Å². The highest BCUT2D eigenvalue weighted by molar-refractivity contribution is 6.19. The Morgan fingerprint density at radius 1 is 0.478 bits per heavy atom. The Balaban J connectivity index is 1.22. The third-order valence-electron chi connectivity index (χ3n) is 9.22. The first-order valence-corrected chi connectivity index (χ1v) is 15.7. The zero-order chi connectivity index (χ0) is 30.6. The van der Waals surface area contributed by atoms with Gasteiger partial charge in [-0.3, -0.25) is 9.97 Å². The fraction of sp³-hybridized carbons (Fsp3) is 0.0233. The van der Waals surface area contributed by atoms with Gasteiger partial charge in [0.25, 0.3) is 0 Å². The Bertz CT molecular complexity index is 2580. The van der Waals surface area contributed by atoms with Crippen molar-refractivity contribution in [2.45, 2.75) is 6.92 Å². The molecule has 3 heterocycles. The summed E-state index contributed by atoms with van der Waals surface area (Å²) in [5.74, 6) is 0. The zero-order valence-corrected chi connectivity index (χ0v) is 25.4. The second-order valence-electron chi connectivity index (χ2n) is 11.9. The van der Waals surface area contributed by atoms with Crippen molar-refractivity contribution in [3.63, 3.8) is 0 Å². The van der Waals surface area contributed by atoms with Crippen molar-refractivity contribution < 1.29 is 0 Å². The van der Waals surface area contributed by atoms with Crippen molar-refractivity contribution in [1.82, 2.24) is 14.5 Å². The minimum Gasteiger partial charge on any atom is -0.309 e. The van der Waals surface area contributed by atoms with Crippen LogP contribution < -0.4 is 0 Å². The van der Waals surface area contributed by atoms with Gasteiger partial charge < -0.3 is 4.57 Å². The van der Waals surface area contributed by atoms with Gasteiger partial charge in [-0.1, -0.05) is 97.1 Å². The molecule has 3 heteroatoms. The molecule has 0 radical (unpaired) electrons. The van der Waals surface area contributed by atoms with Crippen LogP contribution in [0.4, 0.5) is 0 Å². The van der Waals surface area contributed by atoms with Gasteiger partial charge in [0.05, 0.1) is 16.7 Å². The van der Waals surface area contributed by atoms with Crippen LogP contribution in [0.15, 0.2) is 158 Å². The summed E-state index contributed by atoms with van der Waals surface area (Å²) in [6.45, 7) is 2.02. The molecule has 0 unspecified atom stereocenters. The highest BCUT2D eigenvalue weighted by atomic mass is 15.0. The highest BCUT2D eigenvalue weighted by Gasteiger charge is 2.17. The van der Waals surface area contributed by atoms with Gasteiger partial charge in [-0.05, 0) is 88.3 Å². The molecule has 3 nitrogen and oxygen atoms in total. The number of rotatable bonds is 4. The third kappa shape index (κ3) is 4.28. The largest absolute Gasteiger partial charge is 0.309 e. The van der Waals surface area contributed by atoms with Crippen molar-refractivity contribution in [3.05, 3.63) is 164 Å². The van der Waals surface area contributed by atoms with Gasteiger partial charge in [0.15, 0.2) is 0 Å². The van der Waals surface area contributed by atoms with Gasteiger partial charge in [-0.15, -0.1) is 0 Å². The van der Waals surface area contributed by atoms with Gasteiger partial charge in [0, 0.05) is 51.1 Å². The standard InChI is InChI=1S/C43H29N3/c1-28-37(12-7-23-44-28)41-22-18-35(27-45-41)33-16-20-39-40-21-17-34-25-32(31-14-13-29-8-5-6-9-30(29)24-31)15-19-38(34)43(40)46(42(39)26-33)36-10-3-2-4-11-36/h2-27H,1H3. The normalized spacial score (nSPS) is 11.6. The lowest BCUT2D eigenvalue weighted by Gasteiger charge is -2.12. The number of nitrogens with zero attached hydrogens (tertiary/aromatic N) is 3. The third-order valence-corrected chi connectivity index (χ3v) is 9.22. The van der Waals surface area contributed by atoms with Crippen LogP contribution in [0.25, 0.3) is 82.5 Å². The molecule has 0 spiro atoms. The van der Waals surface area contributed by atoms with Gasteiger partial charge in [-0.25, -0.2) is 0 Å². The maximum atomic E-state index is 4.83. The first-order valence-electron chi connectivity index (χ1n) is 15.7. The SMILES string of the molecule is Cc1ncccc1-c1ccc(-c2ccc3c4ccc5cc(-c6ccc7ccccc7c6)ccc5c4n(-c4ccccc4)c3c2)cn1. The van der Waals surface area contributed by atoms with E-state index in [-0.39, 0.29) is 0 Å². The number of aryl methyl sites for hydroxylation is 1. The van der Waals surface area contributed by atoms with Crippen LogP contribution in [0.1, 0.15) is 5.69 Å². The average Bonchev–Trinajstić information content (AvgIpc) is 3.46. The van der Waals surface area contributed by atoms with Crippen LogP contribution in [-0.2, 0) is 0 Å². The molecule has 0 aliphatic heterocycles. The Hall–Kier alpha value is -6.06. The monoisotopic (exact) mass is 587 g/mol. The van der Waals surface area contributed by atoms with Crippen LogP contribution in [0.3, 0.4) is 0 Å². The summed E-state index contributed by atoms with van der Waals surface area (Å²) in [6, 6.07) is 52.5. The molecule has 0 aliphatic rings. The van der Waals surface area contributed by atoms with E-state index in [9.17, 15) is 0 Å². The lowest BCUT2D eigenvalue weighted by atomic mass is 9.97. The molecule has 0 aliphatic carbocycles. The molecular weight excluding hydrogens is 558 g/mol. The molecule has 9 rings (SSSR count). The Morgan fingerprint density at radius 2 is 1.15 bits per heavy atom. The summed E-state index contributed by atoms with van der Waals surface area (Å²) in [5, 5.41) is 7.46. The summed E-state index contributed by atoms with van der Waals surface area (Å²) < 4.78 is 2.42. The van der Waals surface area contributed by atoms with Crippen LogP contribution in [0.2, 0.25) is 0 Å². The first-order chi connectivity index (χ1) is 22.7. The number of hydrogen-bond acceptors (Lipinski definition) is 2. The predicted molar refractivity (Wildman–Crippen MR) is 192 cm³/mol. The molecule has 9 aromatic rings. The summed E-state index contributed by atoms with van der Waals surface area (Å²) in [6.07, 6.45) is 3.80. The fourth-order valence-electron chi connectivity index (χ4n) is 6.89. The van der Waals surface area contributed by atoms with Crippen molar-refractivity contribution in [2.24, 2.45) is 0 Å². The lowest BCUT2D eigenvalue weighted by Crippen LogP contribution is -1.94. The van der Waals surface area contributed by atoms with Crippen LogP contribution >= 0.6 is 0 Å². The van der Waals surface area contributed by atoms with Gasteiger partial charge >= 0.3 is 0 Å². The van der Waals surface area contributed by atoms with E-state index in [1.165, 1.54) is 54.5 Å². The Morgan fingerprint density at radius 3 is 1.96 bits per heavy atom. The molecule has 46 heavy (non-hydrogen) atoms. The minimum absolute atomic E-state index is 0.934. The van der Waals surface area contributed by atoms with E-state index in [1.807, 2.05) is 25.4 Å². The van der Waals surface area contributed by atoms with E-state index < -0.39 is 0 Å². The molecule has 3 aromatic heterocycles. The molecule has 0 amide bonds. The number of aromatic nitrogens is 3. The van der Waals surface area contributed by atoms with Gasteiger partial charge in [0.2, 0.25) is 0 Å². The summed E-state index contributed by atoms with van der Waals surface area (Å²) in [7, 11) is 0. The zero-order valence-electron chi connectivity index (χ0n) is 25.4. The topological polar surface area (TPSA) is 30.7 Å². The van der Waals surface area contributed by atoms with E-state index in [4.69, 9.17) is 4.98 Å². The quantitative estimate of drug-likeness (QED) is 0.205. The van der Waals surface area contributed by atoms with Crippen molar-refractivity contribution in [3.8, 4) is 39.2 Å². The van der Waals surface area contributed by atoms with Crippen molar-refractivity contribution in [2.75, 3.05) is 0 Å². The number of hydrogen-bond donors (Lipinski definition) is 0. The Labute approximate surface area is 267 Å². The van der Waals surface area contributed by atoms with E-state index in [0.29, 0.717) is 0 Å². The van der Waals surface area contributed by atoms with Gasteiger partial charge in [0.1, 0.15) is 0 Å². The second-order valence-corrected chi connectivity index (χ2v) is 11.9. The average molecular weight is 588 g/mol. The number of benzene rings is 6. The molecule has 0 N–H and O–H groups in total. The number of fused-ring (bicyclic) bond motifs is 6. The highest BCUT2D eigenvalue weighted by Crippen LogP contribution is 2.39. The minimum atomic E-state index is 0.934. The predicted octanol–water partition coefficient (Wildman–Crippen LogP) is 11.2. The van der Waals surface area contributed by atoms with Crippen molar-refractivity contribution >= 4 is 43.4 Å². The second kappa shape index (κ2) is 10.5. The molecule has 0 fully saturated rings.